The Bertz CT molecular complexity index is 531. The summed E-state index contributed by atoms with van der Waals surface area (Å²) in [5, 5.41) is 6.69. The minimum Gasteiger partial charge on any atom is -0.379 e. The van der Waals surface area contributed by atoms with Crippen molar-refractivity contribution in [3.05, 3.63) is 34.9 Å². The van der Waals surface area contributed by atoms with Crippen LogP contribution in [0.5, 0.6) is 0 Å². The number of nitrogens with one attached hydrogen (secondary N) is 2. The molecule has 5 nitrogen and oxygen atoms in total. The topological polar surface area (TPSA) is 54.9 Å². The number of guanidine groups is 1. The molecule has 142 valence electrons. The fourth-order valence-electron chi connectivity index (χ4n) is 2.82. The van der Waals surface area contributed by atoms with Crippen molar-refractivity contribution in [1.29, 1.82) is 0 Å². The Balaban J connectivity index is 0.00000312. The molecule has 1 atom stereocenters. The molecule has 0 saturated carbocycles. The fourth-order valence-corrected chi connectivity index (χ4v) is 2.82. The van der Waals surface area contributed by atoms with Crippen molar-refractivity contribution in [1.82, 2.24) is 10.6 Å². The lowest BCUT2D eigenvalue weighted by Gasteiger charge is -2.14. The number of aryl methyl sites for hydroxylation is 2. The molecule has 25 heavy (non-hydrogen) atoms. The third-order valence-electron chi connectivity index (χ3n) is 4.25. The molecule has 0 spiro atoms. The van der Waals surface area contributed by atoms with Gasteiger partial charge in [-0.2, -0.15) is 0 Å². The average molecular weight is 461 g/mol. The number of ether oxygens (including phenoxy) is 2. The fraction of sp³-hybridized carbons (Fsp3) is 0.632. The number of aliphatic imine (C=N–C) groups is 1. The number of halogens is 1. The van der Waals surface area contributed by atoms with E-state index in [4.69, 9.17) is 9.47 Å². The van der Waals surface area contributed by atoms with Gasteiger partial charge < -0.3 is 20.1 Å². The van der Waals surface area contributed by atoms with E-state index >= 15 is 0 Å². The third-order valence-corrected chi connectivity index (χ3v) is 4.25. The van der Waals surface area contributed by atoms with Crippen molar-refractivity contribution in [2.75, 3.05) is 33.4 Å². The summed E-state index contributed by atoms with van der Waals surface area (Å²) in [4.78, 5) is 4.26. The van der Waals surface area contributed by atoms with Crippen LogP contribution in [0.15, 0.2) is 23.2 Å². The number of hydrogen-bond donors (Lipinski definition) is 2. The van der Waals surface area contributed by atoms with Crippen LogP contribution >= 0.6 is 24.0 Å². The van der Waals surface area contributed by atoms with Crippen molar-refractivity contribution < 1.29 is 9.47 Å². The Labute approximate surface area is 169 Å². The molecular formula is C19H32IN3O2. The summed E-state index contributed by atoms with van der Waals surface area (Å²) in [5.74, 6) is 0.828. The van der Waals surface area contributed by atoms with Gasteiger partial charge in [-0.15, -0.1) is 24.0 Å². The third kappa shape index (κ3) is 8.37. The van der Waals surface area contributed by atoms with Crippen molar-refractivity contribution >= 4 is 29.9 Å². The lowest BCUT2D eigenvalue weighted by molar-refractivity contribution is 0.0168. The van der Waals surface area contributed by atoms with Gasteiger partial charge in [0.05, 0.1) is 12.7 Å². The van der Waals surface area contributed by atoms with E-state index in [0.29, 0.717) is 6.10 Å². The highest BCUT2D eigenvalue weighted by atomic mass is 127. The minimum absolute atomic E-state index is 0. The molecule has 0 radical (unpaired) electrons. The highest BCUT2D eigenvalue weighted by Crippen LogP contribution is 2.12. The maximum atomic E-state index is 5.66. The first-order valence-corrected chi connectivity index (χ1v) is 8.89. The van der Waals surface area contributed by atoms with E-state index in [1.807, 2.05) is 0 Å². The summed E-state index contributed by atoms with van der Waals surface area (Å²) in [7, 11) is 1.80. The van der Waals surface area contributed by atoms with Gasteiger partial charge in [0.25, 0.3) is 0 Å². The molecule has 0 bridgehead atoms. The molecule has 6 heteroatoms. The Hall–Kier alpha value is -0.860. The van der Waals surface area contributed by atoms with Crippen molar-refractivity contribution in [3.8, 4) is 0 Å². The van der Waals surface area contributed by atoms with Crippen LogP contribution in [-0.2, 0) is 16.0 Å². The summed E-state index contributed by atoms with van der Waals surface area (Å²) in [5.41, 5.74) is 3.89. The largest absolute Gasteiger partial charge is 0.379 e. The van der Waals surface area contributed by atoms with Gasteiger partial charge in [-0.05, 0) is 44.2 Å². The summed E-state index contributed by atoms with van der Waals surface area (Å²) >= 11 is 0. The molecule has 2 rings (SSSR count). The number of rotatable bonds is 8. The second-order valence-corrected chi connectivity index (χ2v) is 6.35. The second-order valence-electron chi connectivity index (χ2n) is 6.35. The molecule has 1 aromatic rings. The molecule has 1 saturated heterocycles. The summed E-state index contributed by atoms with van der Waals surface area (Å²) in [6.45, 7) is 8.25. The van der Waals surface area contributed by atoms with Gasteiger partial charge in [0, 0.05) is 33.4 Å². The van der Waals surface area contributed by atoms with Crippen LogP contribution in [0, 0.1) is 13.8 Å². The van der Waals surface area contributed by atoms with E-state index in [2.05, 4.69) is 47.7 Å². The van der Waals surface area contributed by atoms with Gasteiger partial charge in [0.15, 0.2) is 5.96 Å². The van der Waals surface area contributed by atoms with Crippen LogP contribution < -0.4 is 10.6 Å². The molecule has 1 aromatic carbocycles. The Kier molecular flexibility index (Phi) is 11.1. The average Bonchev–Trinajstić information content (AvgIpc) is 3.08. The molecule has 1 aliphatic rings. The van der Waals surface area contributed by atoms with E-state index in [-0.39, 0.29) is 24.0 Å². The molecule has 1 aliphatic heterocycles. The minimum atomic E-state index is 0. The molecular weight excluding hydrogens is 429 g/mol. The Morgan fingerprint density at radius 3 is 2.84 bits per heavy atom. The van der Waals surface area contributed by atoms with Gasteiger partial charge in [-0.1, -0.05) is 23.8 Å². The molecule has 1 unspecified atom stereocenters. The first-order valence-electron chi connectivity index (χ1n) is 8.89. The van der Waals surface area contributed by atoms with Crippen LogP contribution in [0.2, 0.25) is 0 Å². The molecule has 1 heterocycles. The van der Waals surface area contributed by atoms with Crippen LogP contribution in [0.25, 0.3) is 0 Å². The summed E-state index contributed by atoms with van der Waals surface area (Å²) < 4.78 is 11.2. The standard InChI is InChI=1S/C19H31N3O2.HI/c1-15-7-8-17(16(2)12-15)13-22-19(20-3)21-9-5-10-23-14-18-6-4-11-24-18;/h7-8,12,18H,4-6,9-11,13-14H2,1-3H3,(H2,20,21,22);1H. The van der Waals surface area contributed by atoms with E-state index in [9.17, 15) is 0 Å². The maximum absolute atomic E-state index is 5.66. The SMILES string of the molecule is CN=C(NCCCOCC1CCCO1)NCc1ccc(C)cc1C.I. The lowest BCUT2D eigenvalue weighted by Crippen LogP contribution is -2.37. The first kappa shape index (κ1) is 22.2. The van der Waals surface area contributed by atoms with E-state index in [0.717, 1.165) is 58.1 Å². The van der Waals surface area contributed by atoms with Gasteiger partial charge >= 0.3 is 0 Å². The molecule has 0 amide bonds. The van der Waals surface area contributed by atoms with Gasteiger partial charge in [-0.25, -0.2) is 0 Å². The predicted octanol–water partition coefficient (Wildman–Crippen LogP) is 3.17. The summed E-state index contributed by atoms with van der Waals surface area (Å²) in [6, 6.07) is 6.52. The molecule has 0 aliphatic carbocycles. The van der Waals surface area contributed by atoms with Crippen molar-refractivity contribution in [2.45, 2.75) is 45.8 Å². The van der Waals surface area contributed by atoms with Crippen molar-refractivity contribution in [3.63, 3.8) is 0 Å². The zero-order valence-electron chi connectivity index (χ0n) is 15.6. The van der Waals surface area contributed by atoms with Crippen molar-refractivity contribution in [2.24, 2.45) is 4.99 Å². The Morgan fingerprint density at radius 2 is 2.16 bits per heavy atom. The van der Waals surface area contributed by atoms with Crippen LogP contribution in [-0.4, -0.2) is 45.5 Å². The lowest BCUT2D eigenvalue weighted by atomic mass is 10.1. The van der Waals surface area contributed by atoms with Gasteiger partial charge in [0.1, 0.15) is 0 Å². The molecule has 1 fully saturated rings. The molecule has 0 aromatic heterocycles. The van der Waals surface area contributed by atoms with E-state index < -0.39 is 0 Å². The van der Waals surface area contributed by atoms with Crippen LogP contribution in [0.3, 0.4) is 0 Å². The quantitative estimate of drug-likeness (QED) is 0.270. The molecule has 2 N–H and O–H groups in total. The predicted molar refractivity (Wildman–Crippen MR) is 114 cm³/mol. The first-order chi connectivity index (χ1) is 11.7. The highest BCUT2D eigenvalue weighted by Gasteiger charge is 2.14. The zero-order chi connectivity index (χ0) is 17.2. The van der Waals surface area contributed by atoms with Gasteiger partial charge in [0.2, 0.25) is 0 Å². The van der Waals surface area contributed by atoms with E-state index in [1.54, 1.807) is 7.05 Å². The summed E-state index contributed by atoms with van der Waals surface area (Å²) in [6.07, 6.45) is 3.56. The van der Waals surface area contributed by atoms with Gasteiger partial charge in [-0.3, -0.25) is 4.99 Å². The normalized spacial score (nSPS) is 17.2. The van der Waals surface area contributed by atoms with Crippen LogP contribution in [0.1, 0.15) is 36.0 Å². The number of benzene rings is 1. The Morgan fingerprint density at radius 1 is 1.32 bits per heavy atom. The number of nitrogens with zero attached hydrogens (tertiary/aromatic N) is 1. The maximum Gasteiger partial charge on any atom is 0.191 e. The van der Waals surface area contributed by atoms with Crippen LogP contribution in [0.4, 0.5) is 0 Å². The zero-order valence-corrected chi connectivity index (χ0v) is 18.0. The highest BCUT2D eigenvalue weighted by molar-refractivity contribution is 14.0. The monoisotopic (exact) mass is 461 g/mol. The smallest absolute Gasteiger partial charge is 0.191 e. The number of hydrogen-bond acceptors (Lipinski definition) is 3. The second kappa shape index (κ2) is 12.5. The van der Waals surface area contributed by atoms with E-state index in [1.165, 1.54) is 16.7 Å².